The molecule has 0 bridgehead atoms. The van der Waals surface area contributed by atoms with Crippen LogP contribution in [0.4, 0.5) is 0 Å². The summed E-state index contributed by atoms with van der Waals surface area (Å²) in [6.45, 7) is 1.90. The van der Waals surface area contributed by atoms with Crippen LogP contribution in [0, 0.1) is 0 Å². The van der Waals surface area contributed by atoms with Crippen LogP contribution in [0.25, 0.3) is 43.6 Å². The minimum atomic E-state index is 0.948. The molecule has 1 aliphatic heterocycles. The lowest BCUT2D eigenvalue weighted by Crippen LogP contribution is -2.00. The third kappa shape index (κ3) is 1.34. The predicted octanol–water partition coefficient (Wildman–Crippen LogP) is 4.56. The van der Waals surface area contributed by atoms with E-state index in [1.54, 1.807) is 0 Å². The van der Waals surface area contributed by atoms with E-state index in [0.29, 0.717) is 0 Å². The van der Waals surface area contributed by atoms with Gasteiger partial charge in [0.2, 0.25) is 0 Å². The number of benzene rings is 3. The molecule has 110 valence electrons. The third-order valence-corrected chi connectivity index (χ3v) is 5.23. The number of fused-ring (bicyclic) bond motifs is 10. The van der Waals surface area contributed by atoms with Gasteiger partial charge in [-0.15, -0.1) is 0 Å². The molecule has 0 unspecified atom stereocenters. The van der Waals surface area contributed by atoms with Crippen molar-refractivity contribution in [2.45, 2.75) is 13.1 Å². The zero-order valence-electron chi connectivity index (χ0n) is 12.5. The minimum Gasteiger partial charge on any atom is -0.353 e. The van der Waals surface area contributed by atoms with Crippen molar-refractivity contribution in [1.29, 1.82) is 0 Å². The molecule has 0 spiro atoms. The molecule has 3 N–H and O–H groups in total. The molecule has 23 heavy (non-hydrogen) atoms. The Morgan fingerprint density at radius 1 is 0.609 bits per heavy atom. The smallest absolute Gasteiger partial charge is 0.0714 e. The molecule has 0 radical (unpaired) electrons. The average Bonchev–Trinajstić information content (AvgIpc) is 3.28. The summed E-state index contributed by atoms with van der Waals surface area (Å²) < 4.78 is 0. The summed E-state index contributed by atoms with van der Waals surface area (Å²) in [6.07, 6.45) is 0. The van der Waals surface area contributed by atoms with Gasteiger partial charge < -0.3 is 15.3 Å². The first-order valence-electron chi connectivity index (χ1n) is 8.07. The first kappa shape index (κ1) is 11.7. The second-order valence-corrected chi connectivity index (χ2v) is 6.40. The Bertz CT molecular complexity index is 1140. The van der Waals surface area contributed by atoms with Crippen LogP contribution in [-0.4, -0.2) is 9.97 Å². The number of rotatable bonds is 0. The van der Waals surface area contributed by atoms with E-state index in [9.17, 15) is 0 Å². The van der Waals surface area contributed by atoms with Gasteiger partial charge >= 0.3 is 0 Å². The third-order valence-electron chi connectivity index (χ3n) is 5.23. The lowest BCUT2D eigenvalue weighted by Gasteiger charge is -2.05. The Morgan fingerprint density at radius 2 is 1.09 bits per heavy atom. The van der Waals surface area contributed by atoms with Crippen LogP contribution in [0.5, 0.6) is 0 Å². The molecule has 2 aromatic heterocycles. The van der Waals surface area contributed by atoms with E-state index in [1.165, 1.54) is 54.7 Å². The lowest BCUT2D eigenvalue weighted by molar-refractivity contribution is 0.768. The second kappa shape index (κ2) is 3.94. The van der Waals surface area contributed by atoms with E-state index in [0.717, 1.165) is 13.1 Å². The molecular formula is C20H15N3. The van der Waals surface area contributed by atoms with Gasteiger partial charge in [0, 0.05) is 45.7 Å². The highest BCUT2D eigenvalue weighted by atomic mass is 14.9. The van der Waals surface area contributed by atoms with Crippen LogP contribution in [0.1, 0.15) is 11.1 Å². The molecule has 0 amide bonds. The number of nitrogens with one attached hydrogen (secondary N) is 3. The number of para-hydroxylation sites is 2. The SMILES string of the molecule is c1ccc2c(c1)[nH]c1c3[nH]c4ccccc4c3c3c(c21)CNC3. The Balaban J connectivity index is 2.00. The number of aromatic nitrogens is 2. The summed E-state index contributed by atoms with van der Waals surface area (Å²) in [7, 11) is 0. The molecule has 0 aliphatic carbocycles. The zero-order valence-corrected chi connectivity index (χ0v) is 12.5. The van der Waals surface area contributed by atoms with Crippen molar-refractivity contribution in [2.75, 3.05) is 0 Å². The molecule has 0 fully saturated rings. The summed E-state index contributed by atoms with van der Waals surface area (Å²) in [5, 5.41) is 8.95. The molecule has 3 nitrogen and oxygen atoms in total. The van der Waals surface area contributed by atoms with Gasteiger partial charge in [0.15, 0.2) is 0 Å². The Labute approximate surface area is 132 Å². The van der Waals surface area contributed by atoms with Gasteiger partial charge in [0.1, 0.15) is 0 Å². The standard InChI is InChI=1S/C20H15N3/c1-3-7-15-11(5-1)17-13-9-21-10-14(13)18-12-6-2-4-8-16(12)23-20(18)19(17)22-15/h1-8,21-23H,9-10H2. The molecule has 3 aromatic carbocycles. The van der Waals surface area contributed by atoms with E-state index < -0.39 is 0 Å². The zero-order chi connectivity index (χ0) is 15.0. The molecule has 0 saturated heterocycles. The summed E-state index contributed by atoms with van der Waals surface area (Å²) in [4.78, 5) is 7.31. The van der Waals surface area contributed by atoms with E-state index in [4.69, 9.17) is 0 Å². The van der Waals surface area contributed by atoms with Gasteiger partial charge in [-0.05, 0) is 23.3 Å². The molecule has 0 atom stereocenters. The average molecular weight is 297 g/mol. The van der Waals surface area contributed by atoms with Gasteiger partial charge in [-0.3, -0.25) is 0 Å². The molecule has 0 saturated carbocycles. The van der Waals surface area contributed by atoms with Gasteiger partial charge in [-0.2, -0.15) is 0 Å². The van der Waals surface area contributed by atoms with Crippen molar-refractivity contribution in [2.24, 2.45) is 0 Å². The van der Waals surface area contributed by atoms with Crippen molar-refractivity contribution in [3.63, 3.8) is 0 Å². The highest BCUT2D eigenvalue weighted by Crippen LogP contribution is 2.41. The van der Waals surface area contributed by atoms with Crippen molar-refractivity contribution in [3.05, 3.63) is 59.7 Å². The van der Waals surface area contributed by atoms with Crippen molar-refractivity contribution in [1.82, 2.24) is 15.3 Å². The van der Waals surface area contributed by atoms with E-state index in [1.807, 2.05) is 0 Å². The number of aromatic amines is 2. The maximum atomic E-state index is 3.65. The van der Waals surface area contributed by atoms with Crippen LogP contribution >= 0.6 is 0 Å². The predicted molar refractivity (Wildman–Crippen MR) is 95.7 cm³/mol. The maximum Gasteiger partial charge on any atom is 0.0714 e. The fourth-order valence-electron chi connectivity index (χ4n) is 4.29. The summed E-state index contributed by atoms with van der Waals surface area (Å²) in [5.41, 5.74) is 7.80. The van der Waals surface area contributed by atoms with Crippen LogP contribution in [0.15, 0.2) is 48.5 Å². The fourth-order valence-corrected chi connectivity index (χ4v) is 4.29. The lowest BCUT2D eigenvalue weighted by atomic mass is 9.97. The number of H-pyrrole nitrogens is 2. The summed E-state index contributed by atoms with van der Waals surface area (Å²) in [6, 6.07) is 17.2. The van der Waals surface area contributed by atoms with Crippen LogP contribution < -0.4 is 5.32 Å². The number of hydrogen-bond donors (Lipinski definition) is 3. The molecule has 1 aliphatic rings. The van der Waals surface area contributed by atoms with Gasteiger partial charge in [-0.1, -0.05) is 36.4 Å². The first-order chi connectivity index (χ1) is 11.4. The van der Waals surface area contributed by atoms with Gasteiger partial charge in [0.05, 0.1) is 11.0 Å². The molecule has 6 rings (SSSR count). The Hall–Kier alpha value is -2.78. The fraction of sp³-hybridized carbons (Fsp3) is 0.100. The highest BCUT2D eigenvalue weighted by Gasteiger charge is 2.23. The van der Waals surface area contributed by atoms with Gasteiger partial charge in [-0.25, -0.2) is 0 Å². The summed E-state index contributed by atoms with van der Waals surface area (Å²) in [5.74, 6) is 0. The molecule has 3 heterocycles. The van der Waals surface area contributed by atoms with Crippen LogP contribution in [0.3, 0.4) is 0 Å². The first-order valence-corrected chi connectivity index (χ1v) is 8.07. The monoisotopic (exact) mass is 297 g/mol. The van der Waals surface area contributed by atoms with Crippen molar-refractivity contribution < 1.29 is 0 Å². The number of hydrogen-bond acceptors (Lipinski definition) is 1. The highest BCUT2D eigenvalue weighted by molar-refractivity contribution is 6.24. The Morgan fingerprint density at radius 3 is 1.61 bits per heavy atom. The second-order valence-electron chi connectivity index (χ2n) is 6.40. The molecule has 3 heteroatoms. The largest absolute Gasteiger partial charge is 0.353 e. The Kier molecular flexibility index (Phi) is 2.01. The molecule has 5 aromatic rings. The topological polar surface area (TPSA) is 43.6 Å². The van der Waals surface area contributed by atoms with Crippen molar-refractivity contribution in [3.8, 4) is 0 Å². The minimum absolute atomic E-state index is 0.948. The van der Waals surface area contributed by atoms with Gasteiger partial charge in [0.25, 0.3) is 0 Å². The quantitative estimate of drug-likeness (QED) is 0.385. The normalized spacial score (nSPS) is 14.4. The molecular weight excluding hydrogens is 282 g/mol. The summed E-state index contributed by atoms with van der Waals surface area (Å²) >= 11 is 0. The van der Waals surface area contributed by atoms with Crippen LogP contribution in [0.2, 0.25) is 0 Å². The maximum absolute atomic E-state index is 3.65. The van der Waals surface area contributed by atoms with Crippen LogP contribution in [-0.2, 0) is 13.1 Å². The van der Waals surface area contributed by atoms with Crippen molar-refractivity contribution >= 4 is 43.6 Å². The van der Waals surface area contributed by atoms with E-state index in [-0.39, 0.29) is 0 Å². The van der Waals surface area contributed by atoms with E-state index >= 15 is 0 Å². The van der Waals surface area contributed by atoms with E-state index in [2.05, 4.69) is 63.8 Å².